The molecule has 0 bridgehead atoms. The maximum absolute atomic E-state index is 14.1. The van der Waals surface area contributed by atoms with Crippen LogP contribution in [0.5, 0.6) is 0 Å². The number of carbonyl (C=O) groups is 1. The summed E-state index contributed by atoms with van der Waals surface area (Å²) in [6.45, 7) is 0.170. The van der Waals surface area contributed by atoms with Crippen molar-refractivity contribution in [2.45, 2.75) is 12.8 Å². The monoisotopic (exact) mass is 380 g/mol. The normalized spacial score (nSPS) is 11.3. The Bertz CT molecular complexity index is 1040. The minimum absolute atomic E-state index is 0.159. The van der Waals surface area contributed by atoms with E-state index in [9.17, 15) is 22.0 Å². The predicted molar refractivity (Wildman–Crippen MR) is 90.4 cm³/mol. The summed E-state index contributed by atoms with van der Waals surface area (Å²) in [6, 6.07) is 6.72. The summed E-state index contributed by atoms with van der Waals surface area (Å²) in [7, 11) is -2.70. The summed E-state index contributed by atoms with van der Waals surface area (Å²) in [5.41, 5.74) is 1.09. The van der Waals surface area contributed by atoms with Crippen LogP contribution in [0.4, 0.5) is 8.78 Å². The number of halogens is 2. The lowest BCUT2D eigenvalue weighted by atomic mass is 9.98. The van der Waals surface area contributed by atoms with Gasteiger partial charge in [0.25, 0.3) is 0 Å². The zero-order valence-corrected chi connectivity index (χ0v) is 14.3. The van der Waals surface area contributed by atoms with E-state index in [-0.39, 0.29) is 24.1 Å². The maximum Gasteiger partial charge on any atom is 0.201 e. The number of hydrogen-bond acceptors (Lipinski definition) is 5. The number of benzene rings is 2. The van der Waals surface area contributed by atoms with Crippen LogP contribution in [0, 0.1) is 11.6 Å². The number of nitrogens with one attached hydrogen (secondary N) is 1. The summed E-state index contributed by atoms with van der Waals surface area (Å²) in [5.74, 6) is -3.02. The molecule has 2 aromatic carbocycles. The Morgan fingerprint density at radius 2 is 2.00 bits per heavy atom. The van der Waals surface area contributed by atoms with Crippen LogP contribution >= 0.6 is 0 Å². The Kier molecular flexibility index (Phi) is 5.38. The van der Waals surface area contributed by atoms with Gasteiger partial charge in [-0.15, -0.1) is 0 Å². The summed E-state index contributed by atoms with van der Waals surface area (Å²) in [5, 5.41) is 0. The second kappa shape index (κ2) is 7.71. The average molecular weight is 380 g/mol. The third-order valence-corrected chi connectivity index (χ3v) is 4.29. The van der Waals surface area contributed by atoms with Gasteiger partial charge in [0.05, 0.1) is 5.56 Å². The van der Waals surface area contributed by atoms with Crippen molar-refractivity contribution >= 4 is 27.8 Å². The molecule has 0 spiro atoms. The number of hydrogen-bond donors (Lipinski definition) is 2. The van der Waals surface area contributed by atoms with Crippen molar-refractivity contribution in [2.24, 2.45) is 0 Å². The quantitative estimate of drug-likeness (QED) is 0.373. The molecule has 136 valence electrons. The molecule has 6 nitrogen and oxygen atoms in total. The van der Waals surface area contributed by atoms with Gasteiger partial charge in [-0.3, -0.25) is 4.79 Å². The number of rotatable bonds is 7. The third-order valence-electron chi connectivity index (χ3n) is 3.81. The number of fused-ring (bicyclic) bond motifs is 1. The molecule has 9 heteroatoms. The summed E-state index contributed by atoms with van der Waals surface area (Å²) in [6.07, 6.45) is 1.90. The Labute approximate surface area is 148 Å². The third kappa shape index (κ3) is 3.94. The summed E-state index contributed by atoms with van der Waals surface area (Å²) < 4.78 is 56.2. The second-order valence-corrected chi connectivity index (χ2v) is 6.40. The molecule has 0 fully saturated rings. The van der Waals surface area contributed by atoms with Crippen molar-refractivity contribution < 1.29 is 26.4 Å². The van der Waals surface area contributed by atoms with E-state index in [1.807, 2.05) is 0 Å². The van der Waals surface area contributed by atoms with Gasteiger partial charge in [-0.25, -0.2) is 26.9 Å². The highest BCUT2D eigenvalue weighted by molar-refractivity contribution is 7.70. The summed E-state index contributed by atoms with van der Waals surface area (Å²) >= 11 is 0. The van der Waals surface area contributed by atoms with Crippen molar-refractivity contribution in [2.75, 3.05) is 6.54 Å². The van der Waals surface area contributed by atoms with E-state index in [4.69, 9.17) is 4.42 Å². The van der Waals surface area contributed by atoms with Crippen molar-refractivity contribution in [1.82, 2.24) is 9.71 Å². The van der Waals surface area contributed by atoms with Gasteiger partial charge in [-0.05, 0) is 48.7 Å². The molecule has 0 radical (unpaired) electrons. The van der Waals surface area contributed by atoms with E-state index in [1.165, 1.54) is 30.7 Å². The number of ketones is 1. The molecule has 0 unspecified atom stereocenters. The molecule has 1 aromatic heterocycles. The molecule has 3 aromatic rings. The molecule has 0 atom stereocenters. The second-order valence-electron chi connectivity index (χ2n) is 5.57. The van der Waals surface area contributed by atoms with Crippen LogP contribution in [0.3, 0.4) is 0 Å². The first-order valence-corrected chi connectivity index (χ1v) is 8.87. The van der Waals surface area contributed by atoms with Crippen molar-refractivity contribution in [3.05, 3.63) is 65.1 Å². The highest BCUT2D eigenvalue weighted by Gasteiger charge is 2.19. The van der Waals surface area contributed by atoms with E-state index in [0.29, 0.717) is 23.1 Å². The fourth-order valence-corrected chi connectivity index (χ4v) is 2.91. The molecule has 0 amide bonds. The van der Waals surface area contributed by atoms with E-state index < -0.39 is 28.3 Å². The van der Waals surface area contributed by atoms with Crippen molar-refractivity contribution in [1.29, 1.82) is 0 Å². The lowest BCUT2D eigenvalue weighted by Gasteiger charge is -2.08. The lowest BCUT2D eigenvalue weighted by Crippen LogP contribution is -2.13. The first-order chi connectivity index (χ1) is 12.5. The van der Waals surface area contributed by atoms with E-state index >= 15 is 0 Å². The van der Waals surface area contributed by atoms with Crippen LogP contribution in [-0.4, -0.2) is 25.7 Å². The molecule has 0 aliphatic rings. The zero-order valence-electron chi connectivity index (χ0n) is 13.4. The Balaban J connectivity index is 1.86. The molecule has 26 heavy (non-hydrogen) atoms. The van der Waals surface area contributed by atoms with E-state index in [2.05, 4.69) is 9.71 Å². The minimum atomic E-state index is -2.70. The van der Waals surface area contributed by atoms with Gasteiger partial charge in [0, 0.05) is 12.1 Å². The summed E-state index contributed by atoms with van der Waals surface area (Å²) in [4.78, 5) is 16.5. The smallest absolute Gasteiger partial charge is 0.201 e. The number of aromatic nitrogens is 1. The average Bonchev–Trinajstić information content (AvgIpc) is 3.08. The number of oxazole rings is 1. The van der Waals surface area contributed by atoms with Crippen LogP contribution in [0.15, 0.2) is 41.1 Å². The number of nitrogens with zero attached hydrogens (tertiary/aromatic N) is 1. The first-order valence-electron chi connectivity index (χ1n) is 7.69. The number of aryl methyl sites for hydroxylation is 1. The van der Waals surface area contributed by atoms with Gasteiger partial charge in [-0.2, -0.15) is 0 Å². The maximum atomic E-state index is 14.1. The Hall–Kier alpha value is -2.65. The number of thiol groups is 1. The van der Waals surface area contributed by atoms with Crippen LogP contribution < -0.4 is 4.72 Å². The van der Waals surface area contributed by atoms with Gasteiger partial charge in [0.15, 0.2) is 29.4 Å². The van der Waals surface area contributed by atoms with E-state index in [1.54, 1.807) is 0 Å². The van der Waals surface area contributed by atoms with Crippen LogP contribution in [-0.2, 0) is 17.3 Å². The fraction of sp³-hybridized carbons (Fsp3) is 0.176. The molecule has 0 aliphatic carbocycles. The van der Waals surface area contributed by atoms with Gasteiger partial charge in [0.2, 0.25) is 10.9 Å². The molecular weight excluding hydrogens is 366 g/mol. The molecule has 3 rings (SSSR count). The molecule has 0 saturated carbocycles. The van der Waals surface area contributed by atoms with Gasteiger partial charge < -0.3 is 4.42 Å². The van der Waals surface area contributed by atoms with E-state index in [0.717, 1.165) is 6.07 Å². The van der Waals surface area contributed by atoms with Gasteiger partial charge >= 0.3 is 0 Å². The molecular formula is C17H14F2N2O4S. The highest BCUT2D eigenvalue weighted by atomic mass is 32.2. The highest BCUT2D eigenvalue weighted by Crippen LogP contribution is 2.22. The molecule has 1 heterocycles. The minimum Gasteiger partial charge on any atom is -0.443 e. The molecule has 0 saturated heterocycles. The largest absolute Gasteiger partial charge is 0.443 e. The van der Waals surface area contributed by atoms with Crippen molar-refractivity contribution in [3.63, 3.8) is 0 Å². The standard InChI is InChI=1S/C17H14F2N2O4S/c18-13-7-10(2-1-5-21-26(23)24)6-12(16(13)19)17(22)11-3-4-15-14(8-11)20-9-25-15/h3-4,6-9,26H,1-2,5H2,(H,21,23,24). The predicted octanol–water partition coefficient (Wildman–Crippen LogP) is 2.39. The number of carbonyl (C=O) groups excluding carboxylic acids is 1. The lowest BCUT2D eigenvalue weighted by molar-refractivity contribution is 0.103. The Morgan fingerprint density at radius 1 is 1.19 bits per heavy atom. The topological polar surface area (TPSA) is 89.3 Å². The van der Waals surface area contributed by atoms with Crippen LogP contribution in [0.1, 0.15) is 27.9 Å². The zero-order chi connectivity index (χ0) is 18.7. The Morgan fingerprint density at radius 3 is 2.77 bits per heavy atom. The fourth-order valence-electron chi connectivity index (χ4n) is 2.57. The van der Waals surface area contributed by atoms with Gasteiger partial charge in [-0.1, -0.05) is 0 Å². The van der Waals surface area contributed by atoms with Crippen molar-refractivity contribution in [3.8, 4) is 0 Å². The van der Waals surface area contributed by atoms with Gasteiger partial charge in [0.1, 0.15) is 5.52 Å². The van der Waals surface area contributed by atoms with Crippen LogP contribution in [0.25, 0.3) is 11.1 Å². The molecule has 0 aliphatic heterocycles. The van der Waals surface area contributed by atoms with Crippen LogP contribution in [0.2, 0.25) is 0 Å². The SMILES string of the molecule is O=C(c1ccc2ocnc2c1)c1cc(CCCN[SH](=O)=O)cc(F)c1F. The molecule has 1 N–H and O–H groups in total. The first kappa shape index (κ1) is 18.2.